The predicted octanol–water partition coefficient (Wildman–Crippen LogP) is 2.41. The second-order valence-electron chi connectivity index (χ2n) is 5.66. The lowest BCUT2D eigenvalue weighted by atomic mass is 9.96. The molecule has 0 bridgehead atoms. The van der Waals surface area contributed by atoms with Crippen LogP contribution in [-0.2, 0) is 11.3 Å². The fourth-order valence-electron chi connectivity index (χ4n) is 2.43. The zero-order chi connectivity index (χ0) is 15.4. The Bertz CT molecular complexity index is 511. The molecule has 4 nitrogen and oxygen atoms in total. The van der Waals surface area contributed by atoms with Gasteiger partial charge in [-0.2, -0.15) is 0 Å². The summed E-state index contributed by atoms with van der Waals surface area (Å²) in [4.78, 5) is 12.1. The van der Waals surface area contributed by atoms with Crippen LogP contribution in [0, 0.1) is 6.92 Å². The Balaban J connectivity index is 2.08. The second-order valence-corrected chi connectivity index (χ2v) is 6.70. The maximum absolute atomic E-state index is 12.1. The van der Waals surface area contributed by atoms with Crippen molar-refractivity contribution >= 4 is 17.7 Å². The van der Waals surface area contributed by atoms with E-state index in [2.05, 4.69) is 43.5 Å². The standard InChI is InChI=1S/C16H24N2O2S/c1-10(2)13-6-12(11(3)5-15(13)20-4)7-17-16(19)14-8-21-9-18-14/h5-6,10,14,18H,7-9H2,1-4H3,(H,17,19). The fourth-order valence-corrected chi connectivity index (χ4v) is 3.37. The second kappa shape index (κ2) is 7.18. The molecule has 1 aliphatic rings. The van der Waals surface area contributed by atoms with Gasteiger partial charge in [0.2, 0.25) is 5.91 Å². The van der Waals surface area contributed by atoms with Gasteiger partial charge in [0.05, 0.1) is 13.2 Å². The molecule has 116 valence electrons. The summed E-state index contributed by atoms with van der Waals surface area (Å²) in [6.45, 7) is 6.92. The molecule has 1 aliphatic heterocycles. The molecule has 1 amide bonds. The van der Waals surface area contributed by atoms with Gasteiger partial charge in [0.25, 0.3) is 0 Å². The third kappa shape index (κ3) is 3.92. The average molecular weight is 308 g/mol. The largest absolute Gasteiger partial charge is 0.496 e. The van der Waals surface area contributed by atoms with Crippen LogP contribution in [0.25, 0.3) is 0 Å². The van der Waals surface area contributed by atoms with E-state index in [1.165, 1.54) is 5.56 Å². The van der Waals surface area contributed by atoms with Gasteiger partial charge in [-0.3, -0.25) is 10.1 Å². The van der Waals surface area contributed by atoms with Crippen molar-refractivity contribution in [3.8, 4) is 5.75 Å². The van der Waals surface area contributed by atoms with Crippen LogP contribution in [0.2, 0.25) is 0 Å². The van der Waals surface area contributed by atoms with Gasteiger partial charge in [-0.1, -0.05) is 13.8 Å². The van der Waals surface area contributed by atoms with Crippen LogP contribution in [-0.4, -0.2) is 30.7 Å². The maximum atomic E-state index is 12.1. The lowest BCUT2D eigenvalue weighted by molar-refractivity contribution is -0.122. The molecule has 0 aliphatic carbocycles. The summed E-state index contributed by atoms with van der Waals surface area (Å²) >= 11 is 1.76. The highest BCUT2D eigenvalue weighted by molar-refractivity contribution is 7.99. The molecule has 21 heavy (non-hydrogen) atoms. The monoisotopic (exact) mass is 308 g/mol. The quantitative estimate of drug-likeness (QED) is 0.877. The van der Waals surface area contributed by atoms with Crippen molar-refractivity contribution in [3.63, 3.8) is 0 Å². The molecule has 1 fully saturated rings. The molecule has 0 aromatic heterocycles. The Morgan fingerprint density at radius 2 is 2.29 bits per heavy atom. The number of benzene rings is 1. The van der Waals surface area contributed by atoms with Crippen molar-refractivity contribution in [3.05, 3.63) is 28.8 Å². The molecule has 1 saturated heterocycles. The number of hydrogen-bond donors (Lipinski definition) is 2. The SMILES string of the molecule is COc1cc(C)c(CNC(=O)C2CSCN2)cc1C(C)C. The van der Waals surface area contributed by atoms with E-state index in [0.29, 0.717) is 12.5 Å². The minimum Gasteiger partial charge on any atom is -0.496 e. The van der Waals surface area contributed by atoms with Crippen molar-refractivity contribution in [2.75, 3.05) is 18.7 Å². The highest BCUT2D eigenvalue weighted by atomic mass is 32.2. The Labute approximate surface area is 131 Å². The molecule has 0 spiro atoms. The van der Waals surface area contributed by atoms with E-state index < -0.39 is 0 Å². The number of nitrogens with one attached hydrogen (secondary N) is 2. The lowest BCUT2D eigenvalue weighted by Crippen LogP contribution is -2.41. The van der Waals surface area contributed by atoms with Gasteiger partial charge in [0.1, 0.15) is 5.75 Å². The molecule has 2 N–H and O–H groups in total. The predicted molar refractivity (Wildman–Crippen MR) is 87.9 cm³/mol. The van der Waals surface area contributed by atoms with Crippen molar-refractivity contribution in [1.82, 2.24) is 10.6 Å². The number of amides is 1. The minimum atomic E-state index is -0.0573. The van der Waals surface area contributed by atoms with Gasteiger partial charge in [0, 0.05) is 18.2 Å². The number of thioether (sulfide) groups is 1. The van der Waals surface area contributed by atoms with Crippen LogP contribution < -0.4 is 15.4 Å². The first-order chi connectivity index (χ1) is 10.0. The van der Waals surface area contributed by atoms with E-state index in [1.54, 1.807) is 18.9 Å². The zero-order valence-electron chi connectivity index (χ0n) is 13.2. The normalized spacial score (nSPS) is 18.0. The first-order valence-corrected chi connectivity index (χ1v) is 8.44. The van der Waals surface area contributed by atoms with E-state index in [1.807, 2.05) is 0 Å². The number of carbonyl (C=O) groups excluding carboxylic acids is 1. The summed E-state index contributed by atoms with van der Waals surface area (Å²) in [5.74, 6) is 3.11. The molecular formula is C16H24N2O2S. The van der Waals surface area contributed by atoms with E-state index >= 15 is 0 Å². The van der Waals surface area contributed by atoms with E-state index in [4.69, 9.17) is 4.74 Å². The highest BCUT2D eigenvalue weighted by Crippen LogP contribution is 2.29. The number of aryl methyl sites for hydroxylation is 1. The van der Waals surface area contributed by atoms with Crippen LogP contribution in [0.1, 0.15) is 36.5 Å². The van der Waals surface area contributed by atoms with Crippen LogP contribution in [0.4, 0.5) is 0 Å². The molecule has 1 heterocycles. The van der Waals surface area contributed by atoms with Crippen LogP contribution in [0.15, 0.2) is 12.1 Å². The van der Waals surface area contributed by atoms with Crippen LogP contribution in [0.3, 0.4) is 0 Å². The molecule has 2 rings (SSSR count). The first-order valence-electron chi connectivity index (χ1n) is 7.29. The van der Waals surface area contributed by atoms with Crippen molar-refractivity contribution in [1.29, 1.82) is 0 Å². The summed E-state index contributed by atoms with van der Waals surface area (Å²) in [5.41, 5.74) is 3.48. The first kappa shape index (κ1) is 16.2. The molecule has 1 aromatic rings. The topological polar surface area (TPSA) is 50.4 Å². The Morgan fingerprint density at radius 3 is 2.86 bits per heavy atom. The van der Waals surface area contributed by atoms with Crippen molar-refractivity contribution in [2.45, 2.75) is 39.3 Å². The van der Waals surface area contributed by atoms with Gasteiger partial charge in [-0.05, 0) is 41.7 Å². The molecule has 5 heteroatoms. The molecule has 0 radical (unpaired) electrons. The summed E-state index contributed by atoms with van der Waals surface area (Å²) in [5, 5.41) is 6.22. The van der Waals surface area contributed by atoms with Gasteiger partial charge in [-0.25, -0.2) is 0 Å². The smallest absolute Gasteiger partial charge is 0.238 e. The van der Waals surface area contributed by atoms with Gasteiger partial charge in [0.15, 0.2) is 0 Å². The zero-order valence-corrected chi connectivity index (χ0v) is 14.0. The Morgan fingerprint density at radius 1 is 1.52 bits per heavy atom. The number of rotatable bonds is 5. The summed E-state index contributed by atoms with van der Waals surface area (Å²) in [6, 6.07) is 4.15. The molecule has 0 saturated carbocycles. The van der Waals surface area contributed by atoms with Crippen molar-refractivity contribution in [2.24, 2.45) is 0 Å². The molecular weight excluding hydrogens is 284 g/mol. The van der Waals surface area contributed by atoms with E-state index in [0.717, 1.165) is 28.5 Å². The fraction of sp³-hybridized carbons (Fsp3) is 0.562. The van der Waals surface area contributed by atoms with Gasteiger partial charge >= 0.3 is 0 Å². The number of ether oxygens (including phenoxy) is 1. The summed E-state index contributed by atoms with van der Waals surface area (Å²) in [6.07, 6.45) is 0. The lowest BCUT2D eigenvalue weighted by Gasteiger charge is -2.17. The molecule has 1 aromatic carbocycles. The third-order valence-corrected chi connectivity index (χ3v) is 4.74. The van der Waals surface area contributed by atoms with Gasteiger partial charge in [-0.15, -0.1) is 11.8 Å². The van der Waals surface area contributed by atoms with Gasteiger partial charge < -0.3 is 10.1 Å². The van der Waals surface area contributed by atoms with Crippen LogP contribution in [0.5, 0.6) is 5.75 Å². The minimum absolute atomic E-state index is 0.0573. The highest BCUT2D eigenvalue weighted by Gasteiger charge is 2.22. The Hall–Kier alpha value is -1.20. The number of methoxy groups -OCH3 is 1. The Kier molecular flexibility index (Phi) is 5.53. The van der Waals surface area contributed by atoms with Crippen molar-refractivity contribution < 1.29 is 9.53 Å². The van der Waals surface area contributed by atoms with E-state index in [-0.39, 0.29) is 11.9 Å². The maximum Gasteiger partial charge on any atom is 0.238 e. The third-order valence-electron chi connectivity index (χ3n) is 3.80. The number of hydrogen-bond acceptors (Lipinski definition) is 4. The molecule has 1 unspecified atom stereocenters. The average Bonchev–Trinajstić information content (AvgIpc) is 2.99. The number of carbonyl (C=O) groups is 1. The van der Waals surface area contributed by atoms with E-state index in [9.17, 15) is 4.79 Å². The summed E-state index contributed by atoms with van der Waals surface area (Å²) in [7, 11) is 1.70. The summed E-state index contributed by atoms with van der Waals surface area (Å²) < 4.78 is 5.45. The molecule has 1 atom stereocenters. The van der Waals surface area contributed by atoms with Crippen LogP contribution >= 0.6 is 11.8 Å².